The van der Waals surface area contributed by atoms with Gasteiger partial charge < -0.3 is 4.90 Å². The van der Waals surface area contributed by atoms with E-state index in [1.807, 2.05) is 0 Å². The number of aromatic nitrogens is 3. The fourth-order valence-corrected chi connectivity index (χ4v) is 4.70. The van der Waals surface area contributed by atoms with Crippen LogP contribution in [0.5, 0.6) is 0 Å². The van der Waals surface area contributed by atoms with E-state index >= 15 is 0 Å². The average Bonchev–Trinajstić information content (AvgIpc) is 3.26. The van der Waals surface area contributed by atoms with E-state index in [2.05, 4.69) is 89.5 Å². The van der Waals surface area contributed by atoms with Gasteiger partial charge in [-0.15, -0.1) is 0 Å². The average molecular weight is 438 g/mol. The Morgan fingerprint density at radius 3 is 2.54 bits per heavy atom. The second-order valence-electron chi connectivity index (χ2n) is 7.76. The van der Waals surface area contributed by atoms with Gasteiger partial charge in [-0.3, -0.25) is 0 Å². The third-order valence-electron chi connectivity index (χ3n) is 5.88. The molecule has 3 heterocycles. The quantitative estimate of drug-likeness (QED) is 0.436. The van der Waals surface area contributed by atoms with E-state index in [9.17, 15) is 0 Å². The molecule has 4 aromatic rings. The SMILES string of the molecule is Brc1ccc(-c2c[n+]3c4ccccc4[nH]c3n2CCCN2CCCCC2)cc1. The molecule has 0 amide bonds. The molecule has 2 aromatic heterocycles. The van der Waals surface area contributed by atoms with Crippen LogP contribution in [-0.2, 0) is 6.54 Å². The number of aromatic amines is 1. The van der Waals surface area contributed by atoms with Crippen molar-refractivity contribution in [2.24, 2.45) is 0 Å². The van der Waals surface area contributed by atoms with Crippen LogP contribution in [0.15, 0.2) is 59.2 Å². The van der Waals surface area contributed by atoms with Crippen LogP contribution in [0.25, 0.3) is 28.1 Å². The van der Waals surface area contributed by atoms with E-state index in [1.165, 1.54) is 67.6 Å². The van der Waals surface area contributed by atoms with Gasteiger partial charge in [0.25, 0.3) is 0 Å². The third-order valence-corrected chi connectivity index (χ3v) is 6.41. The molecule has 0 spiro atoms. The Balaban J connectivity index is 1.51. The Morgan fingerprint density at radius 1 is 0.929 bits per heavy atom. The van der Waals surface area contributed by atoms with Crippen molar-refractivity contribution in [3.63, 3.8) is 0 Å². The maximum Gasteiger partial charge on any atom is 0.368 e. The molecule has 0 saturated carbocycles. The zero-order valence-corrected chi connectivity index (χ0v) is 17.7. The molecule has 1 aliphatic heterocycles. The minimum atomic E-state index is 1.02. The summed E-state index contributed by atoms with van der Waals surface area (Å²) in [7, 11) is 0. The highest BCUT2D eigenvalue weighted by atomic mass is 79.9. The van der Waals surface area contributed by atoms with E-state index in [4.69, 9.17) is 0 Å². The predicted molar refractivity (Wildman–Crippen MR) is 117 cm³/mol. The molecule has 1 saturated heterocycles. The van der Waals surface area contributed by atoms with Crippen LogP contribution in [0, 0.1) is 0 Å². The summed E-state index contributed by atoms with van der Waals surface area (Å²) in [5.74, 6) is 1.16. The zero-order chi connectivity index (χ0) is 18.9. The number of likely N-dealkylation sites (tertiary alicyclic amines) is 1. The number of benzene rings is 2. The fourth-order valence-electron chi connectivity index (χ4n) is 4.43. The van der Waals surface area contributed by atoms with Gasteiger partial charge in [-0.2, -0.15) is 4.40 Å². The molecule has 0 atom stereocenters. The normalized spacial score (nSPS) is 15.6. The van der Waals surface area contributed by atoms with E-state index in [0.29, 0.717) is 0 Å². The second kappa shape index (κ2) is 7.72. The highest BCUT2D eigenvalue weighted by molar-refractivity contribution is 9.10. The summed E-state index contributed by atoms with van der Waals surface area (Å²) in [5, 5.41) is 0. The van der Waals surface area contributed by atoms with Crippen molar-refractivity contribution in [3.8, 4) is 11.3 Å². The number of imidazole rings is 2. The lowest BCUT2D eigenvalue weighted by Crippen LogP contribution is -2.31. The van der Waals surface area contributed by atoms with Gasteiger partial charge in [-0.25, -0.2) is 9.55 Å². The zero-order valence-electron chi connectivity index (χ0n) is 16.1. The van der Waals surface area contributed by atoms with Crippen molar-refractivity contribution in [2.45, 2.75) is 32.2 Å². The molecule has 0 aliphatic carbocycles. The molecular weight excluding hydrogens is 412 g/mol. The standard InChI is InChI=1S/C23H25BrN4/c24-19-11-9-18(10-12-19)22-17-28-21-8-3-2-7-20(21)25-23(28)27(22)16-6-15-26-13-4-1-5-14-26/h2-3,7-12,17H,1,4-6,13-16H2/p+1. The van der Waals surface area contributed by atoms with Gasteiger partial charge >= 0.3 is 5.78 Å². The Kier molecular flexibility index (Phi) is 4.95. The maximum absolute atomic E-state index is 3.64. The topological polar surface area (TPSA) is 28.1 Å². The molecule has 5 rings (SSSR count). The molecule has 4 nitrogen and oxygen atoms in total. The van der Waals surface area contributed by atoms with Gasteiger partial charge in [0.05, 0.1) is 6.54 Å². The third kappa shape index (κ3) is 3.38. The summed E-state index contributed by atoms with van der Waals surface area (Å²) in [5.41, 5.74) is 4.93. The van der Waals surface area contributed by atoms with E-state index < -0.39 is 0 Å². The molecule has 0 bridgehead atoms. The number of H-pyrrole nitrogens is 1. The summed E-state index contributed by atoms with van der Waals surface area (Å²) in [6.45, 7) is 4.74. The van der Waals surface area contributed by atoms with Crippen molar-refractivity contribution in [1.29, 1.82) is 0 Å². The van der Waals surface area contributed by atoms with E-state index in [0.717, 1.165) is 16.8 Å². The Morgan fingerprint density at radius 2 is 1.71 bits per heavy atom. The van der Waals surface area contributed by atoms with Crippen LogP contribution in [0.4, 0.5) is 0 Å². The number of nitrogens with zero attached hydrogens (tertiary/aromatic N) is 3. The van der Waals surface area contributed by atoms with Crippen LogP contribution in [0.3, 0.4) is 0 Å². The molecule has 144 valence electrons. The predicted octanol–water partition coefficient (Wildman–Crippen LogP) is 5.01. The second-order valence-corrected chi connectivity index (χ2v) is 8.68. The smallest absolute Gasteiger partial charge is 0.303 e. The van der Waals surface area contributed by atoms with Crippen molar-refractivity contribution in [3.05, 3.63) is 59.2 Å². The lowest BCUT2D eigenvalue weighted by molar-refractivity contribution is -0.479. The van der Waals surface area contributed by atoms with Gasteiger partial charge in [-0.05, 0) is 56.6 Å². The van der Waals surface area contributed by atoms with Crippen molar-refractivity contribution < 1.29 is 4.40 Å². The van der Waals surface area contributed by atoms with E-state index in [1.54, 1.807) is 0 Å². The Bertz CT molecular complexity index is 1090. The van der Waals surface area contributed by atoms with Crippen LogP contribution in [0.2, 0.25) is 0 Å². The summed E-state index contributed by atoms with van der Waals surface area (Å²) in [4.78, 5) is 6.27. The van der Waals surface area contributed by atoms with Gasteiger partial charge in [0.2, 0.25) is 0 Å². The van der Waals surface area contributed by atoms with Crippen molar-refractivity contribution in [1.82, 2.24) is 14.5 Å². The maximum atomic E-state index is 3.64. The van der Waals surface area contributed by atoms with Gasteiger partial charge in [0, 0.05) is 16.6 Å². The number of aryl methyl sites for hydroxylation is 1. The van der Waals surface area contributed by atoms with Crippen molar-refractivity contribution >= 4 is 32.7 Å². The highest BCUT2D eigenvalue weighted by Gasteiger charge is 2.22. The number of para-hydroxylation sites is 2. The first-order valence-corrected chi connectivity index (χ1v) is 11.1. The summed E-state index contributed by atoms with van der Waals surface area (Å²) >= 11 is 3.56. The molecule has 5 heteroatoms. The lowest BCUT2D eigenvalue weighted by atomic mass is 10.1. The molecule has 0 radical (unpaired) electrons. The first-order valence-electron chi connectivity index (χ1n) is 10.3. The Labute approximate surface area is 173 Å². The van der Waals surface area contributed by atoms with Gasteiger partial charge in [0.15, 0.2) is 0 Å². The van der Waals surface area contributed by atoms with Crippen LogP contribution in [-0.4, -0.2) is 34.1 Å². The number of hydrogen-bond acceptors (Lipinski definition) is 1. The largest absolute Gasteiger partial charge is 0.368 e. The van der Waals surface area contributed by atoms with Gasteiger partial charge in [0.1, 0.15) is 22.9 Å². The van der Waals surface area contributed by atoms with Crippen molar-refractivity contribution in [2.75, 3.05) is 19.6 Å². The fraction of sp³-hybridized carbons (Fsp3) is 0.348. The number of hydrogen-bond donors (Lipinski definition) is 1. The molecule has 1 aliphatic rings. The first kappa shape index (κ1) is 18.0. The summed E-state index contributed by atoms with van der Waals surface area (Å²) in [6.07, 6.45) is 7.56. The van der Waals surface area contributed by atoms with E-state index in [-0.39, 0.29) is 0 Å². The first-order chi connectivity index (χ1) is 13.8. The molecule has 1 fully saturated rings. The molecule has 28 heavy (non-hydrogen) atoms. The number of fused-ring (bicyclic) bond motifs is 3. The monoisotopic (exact) mass is 437 g/mol. The number of piperidine rings is 1. The minimum Gasteiger partial charge on any atom is -0.303 e. The highest BCUT2D eigenvalue weighted by Crippen LogP contribution is 2.25. The van der Waals surface area contributed by atoms with Crippen LogP contribution in [0.1, 0.15) is 25.7 Å². The summed E-state index contributed by atoms with van der Waals surface area (Å²) < 4.78 is 5.86. The molecule has 0 unspecified atom stereocenters. The van der Waals surface area contributed by atoms with Crippen LogP contribution >= 0.6 is 15.9 Å². The Hall–Kier alpha value is -2.11. The summed E-state index contributed by atoms with van der Waals surface area (Å²) in [6, 6.07) is 17.2. The molecular formula is C23H26BrN4+. The van der Waals surface area contributed by atoms with Gasteiger partial charge in [-0.1, -0.05) is 46.6 Å². The lowest BCUT2D eigenvalue weighted by Gasteiger charge is -2.26. The van der Waals surface area contributed by atoms with Crippen LogP contribution < -0.4 is 4.40 Å². The number of halogens is 1. The molecule has 1 N–H and O–H groups in total. The number of nitrogens with one attached hydrogen (secondary N) is 1. The number of rotatable bonds is 5. The molecule has 2 aromatic carbocycles. The minimum absolute atomic E-state index is 1.02.